The zero-order valence-corrected chi connectivity index (χ0v) is 26.2. The first-order chi connectivity index (χ1) is 20.6. The molecular weight excluding hydrogens is 582 g/mol. The van der Waals surface area contributed by atoms with Crippen LogP contribution in [0.15, 0.2) is 77.7 Å². The minimum absolute atomic E-state index is 0.0606. The van der Waals surface area contributed by atoms with Crippen molar-refractivity contribution in [1.82, 2.24) is 15.1 Å². The zero-order chi connectivity index (χ0) is 30.6. The Bertz CT molecular complexity index is 1700. The summed E-state index contributed by atoms with van der Waals surface area (Å²) in [7, 11) is -3.27. The van der Waals surface area contributed by atoms with Crippen LogP contribution in [-0.2, 0) is 25.8 Å². The molecular formula is C34H38ClN3O4S. The summed E-state index contributed by atoms with van der Waals surface area (Å²) in [6, 6.07) is 22.2. The Morgan fingerprint density at radius 1 is 1.00 bits per heavy atom. The molecule has 2 amide bonds. The maximum absolute atomic E-state index is 13.2. The van der Waals surface area contributed by atoms with Crippen LogP contribution in [0.2, 0.25) is 5.02 Å². The van der Waals surface area contributed by atoms with Crippen molar-refractivity contribution < 1.29 is 18.0 Å². The Balaban J connectivity index is 1.17. The van der Waals surface area contributed by atoms with Gasteiger partial charge in [0, 0.05) is 49.1 Å². The lowest BCUT2D eigenvalue weighted by molar-refractivity contribution is -0.133. The minimum Gasteiger partial charge on any atom is -0.345 e. The smallest absolute Gasteiger partial charge is 0.252 e. The number of nitrogens with one attached hydrogen (secondary N) is 1. The summed E-state index contributed by atoms with van der Waals surface area (Å²) in [4.78, 5) is 31.0. The van der Waals surface area contributed by atoms with Crippen molar-refractivity contribution in [1.29, 1.82) is 0 Å². The van der Waals surface area contributed by atoms with Gasteiger partial charge in [0.2, 0.25) is 5.91 Å². The predicted octanol–water partition coefficient (Wildman–Crippen LogP) is 3.49. The Morgan fingerprint density at radius 2 is 1.67 bits per heavy atom. The number of likely N-dealkylation sites (N-methyl/N-ethyl adjacent to an activating group) is 1. The largest absolute Gasteiger partial charge is 0.345 e. The van der Waals surface area contributed by atoms with Gasteiger partial charge in [-0.3, -0.25) is 9.59 Å². The number of piperidine rings is 1. The molecule has 1 saturated heterocycles. The van der Waals surface area contributed by atoms with Crippen molar-refractivity contribution in [2.24, 2.45) is 0 Å². The third kappa shape index (κ3) is 7.55. The molecule has 1 unspecified atom stereocenters. The minimum atomic E-state index is -3.27. The lowest BCUT2D eigenvalue weighted by Gasteiger charge is -2.38. The third-order valence-electron chi connectivity index (χ3n) is 8.47. The highest BCUT2D eigenvalue weighted by atomic mass is 35.5. The molecule has 1 N–H and O–H groups in total. The number of carbonyl (C=O) groups is 2. The van der Waals surface area contributed by atoms with Gasteiger partial charge in [0.1, 0.15) is 0 Å². The number of likely N-dealkylation sites (tertiary alicyclic amines) is 1. The molecule has 0 radical (unpaired) electrons. The van der Waals surface area contributed by atoms with Crippen LogP contribution < -0.4 is 15.8 Å². The van der Waals surface area contributed by atoms with Gasteiger partial charge in [-0.15, -0.1) is 0 Å². The lowest BCUT2D eigenvalue weighted by Crippen LogP contribution is -2.48. The molecule has 0 spiro atoms. The average Bonchev–Trinajstić information content (AvgIpc) is 2.97. The molecule has 1 fully saturated rings. The highest BCUT2D eigenvalue weighted by molar-refractivity contribution is 7.90. The van der Waals surface area contributed by atoms with E-state index in [4.69, 9.17) is 11.6 Å². The maximum atomic E-state index is 13.2. The van der Waals surface area contributed by atoms with Crippen molar-refractivity contribution in [3.8, 4) is 0 Å². The van der Waals surface area contributed by atoms with E-state index in [0.29, 0.717) is 17.1 Å². The number of halogens is 1. The highest BCUT2D eigenvalue weighted by Gasteiger charge is 2.28. The van der Waals surface area contributed by atoms with Crippen LogP contribution in [0, 0.1) is 0 Å². The summed E-state index contributed by atoms with van der Waals surface area (Å²) >= 11 is 6.15. The molecule has 0 saturated carbocycles. The first-order valence-corrected chi connectivity index (χ1v) is 17.1. The first-order valence-electron chi connectivity index (χ1n) is 14.8. The van der Waals surface area contributed by atoms with Crippen molar-refractivity contribution in [3.63, 3.8) is 0 Å². The van der Waals surface area contributed by atoms with Crippen LogP contribution in [0.4, 0.5) is 0 Å². The Labute approximate surface area is 258 Å². The second-order valence-corrected chi connectivity index (χ2v) is 13.8. The summed E-state index contributed by atoms with van der Waals surface area (Å²) in [6.45, 7) is 5.21. The Hall–Kier alpha value is -3.46. The molecule has 3 aromatic rings. The van der Waals surface area contributed by atoms with E-state index in [0.717, 1.165) is 60.5 Å². The third-order valence-corrected chi connectivity index (χ3v) is 9.85. The quantitative estimate of drug-likeness (QED) is 0.355. The number of hydrogen-bond acceptors (Lipinski definition) is 5. The number of fused-ring (bicyclic) bond motifs is 1. The van der Waals surface area contributed by atoms with Crippen LogP contribution in [0.5, 0.6) is 0 Å². The molecule has 9 heteroatoms. The fraction of sp³-hybridized carbons (Fsp3) is 0.353. The molecule has 1 heterocycles. The van der Waals surface area contributed by atoms with E-state index in [1.54, 1.807) is 24.3 Å². The lowest BCUT2D eigenvalue weighted by atomic mass is 9.97. The van der Waals surface area contributed by atoms with Gasteiger partial charge in [0.15, 0.2) is 9.84 Å². The van der Waals surface area contributed by atoms with Crippen molar-refractivity contribution in [3.05, 3.63) is 99.4 Å². The van der Waals surface area contributed by atoms with E-state index < -0.39 is 9.84 Å². The number of nitrogens with zero attached hydrogens (tertiary/aromatic N) is 2. The van der Waals surface area contributed by atoms with E-state index in [1.807, 2.05) is 66.4 Å². The number of benzene rings is 3. The second kappa shape index (κ2) is 13.5. The Kier molecular flexibility index (Phi) is 9.69. The predicted molar refractivity (Wildman–Crippen MR) is 171 cm³/mol. The van der Waals surface area contributed by atoms with Gasteiger partial charge in [-0.05, 0) is 78.1 Å². The molecule has 0 aromatic heterocycles. The molecule has 226 valence electrons. The van der Waals surface area contributed by atoms with E-state index in [2.05, 4.69) is 10.2 Å². The number of hydrogen-bond donors (Lipinski definition) is 1. The summed E-state index contributed by atoms with van der Waals surface area (Å²) in [5, 5.41) is 5.99. The molecule has 3 aromatic carbocycles. The molecule has 43 heavy (non-hydrogen) atoms. The van der Waals surface area contributed by atoms with Crippen molar-refractivity contribution >= 4 is 44.9 Å². The molecule has 5 rings (SSSR count). The Morgan fingerprint density at radius 3 is 2.30 bits per heavy atom. The van der Waals surface area contributed by atoms with Crippen molar-refractivity contribution in [2.75, 3.05) is 32.4 Å². The first kappa shape index (κ1) is 31.0. The van der Waals surface area contributed by atoms with Crippen LogP contribution in [0.25, 0.3) is 11.6 Å². The molecule has 0 bridgehead atoms. The average molecular weight is 620 g/mol. The number of sulfone groups is 1. The standard InChI is InChI=1S/C34H38ClN3O4S/c1-3-38(33(39)22-24-8-14-29(15-9-24)43(2,41)42)28-16-19-37(20-17-28)21-18-32(25-10-12-27(35)13-11-25)36-34(40)31-23-26-6-4-5-7-30(26)31/h4-15,23,28,32H,3,16-22H2,1-2H3,(H,36,40). The molecule has 1 atom stereocenters. The van der Waals surface area contributed by atoms with Crippen LogP contribution in [0.1, 0.15) is 43.4 Å². The zero-order valence-electron chi connectivity index (χ0n) is 24.6. The van der Waals surface area contributed by atoms with Gasteiger partial charge >= 0.3 is 0 Å². The van der Waals surface area contributed by atoms with E-state index in [1.165, 1.54) is 6.26 Å². The molecule has 1 aliphatic heterocycles. The van der Waals surface area contributed by atoms with Gasteiger partial charge < -0.3 is 15.1 Å². The van der Waals surface area contributed by atoms with E-state index >= 15 is 0 Å². The van der Waals surface area contributed by atoms with Crippen LogP contribution in [0.3, 0.4) is 0 Å². The molecule has 7 nitrogen and oxygen atoms in total. The summed E-state index contributed by atoms with van der Waals surface area (Å²) < 4.78 is 23.5. The fourth-order valence-corrected chi connectivity index (χ4v) is 6.76. The highest BCUT2D eigenvalue weighted by Crippen LogP contribution is 2.24. The molecule has 1 aliphatic carbocycles. The van der Waals surface area contributed by atoms with E-state index in [9.17, 15) is 18.0 Å². The number of amides is 2. The number of carbonyl (C=O) groups excluding carboxylic acids is 2. The van der Waals surface area contributed by atoms with Crippen LogP contribution >= 0.6 is 11.6 Å². The summed E-state index contributed by atoms with van der Waals surface area (Å²) in [5.41, 5.74) is 2.55. The van der Waals surface area contributed by atoms with Gasteiger partial charge in [-0.2, -0.15) is 0 Å². The summed E-state index contributed by atoms with van der Waals surface area (Å²) in [5.74, 6) is -0.00846. The van der Waals surface area contributed by atoms with Gasteiger partial charge in [-0.1, -0.05) is 60.1 Å². The van der Waals surface area contributed by atoms with Crippen LogP contribution in [-0.4, -0.2) is 68.5 Å². The monoisotopic (exact) mass is 619 g/mol. The topological polar surface area (TPSA) is 86.8 Å². The van der Waals surface area contributed by atoms with Gasteiger partial charge in [0.05, 0.1) is 17.4 Å². The SMILES string of the molecule is CCN(C(=O)Cc1ccc(S(C)(=O)=O)cc1)C1CCN(CCC(NC(=O)C2=c3ccccc3=C2)c2ccc(Cl)cc2)CC1. The van der Waals surface area contributed by atoms with Gasteiger partial charge in [0.25, 0.3) is 5.91 Å². The van der Waals surface area contributed by atoms with Crippen molar-refractivity contribution in [2.45, 2.75) is 49.6 Å². The molecule has 2 aliphatic rings. The van der Waals surface area contributed by atoms with E-state index in [-0.39, 0.29) is 35.2 Å². The number of rotatable bonds is 11. The summed E-state index contributed by atoms with van der Waals surface area (Å²) in [6.07, 6.45) is 5.88. The maximum Gasteiger partial charge on any atom is 0.252 e. The normalized spacial score (nSPS) is 16.0. The second-order valence-electron chi connectivity index (χ2n) is 11.4. The fourth-order valence-electron chi connectivity index (χ4n) is 6.00. The van der Waals surface area contributed by atoms with Gasteiger partial charge in [-0.25, -0.2) is 8.42 Å².